The predicted molar refractivity (Wildman–Crippen MR) is 101 cm³/mol. The van der Waals surface area contributed by atoms with Gasteiger partial charge in [0.05, 0.1) is 11.4 Å². The van der Waals surface area contributed by atoms with Crippen molar-refractivity contribution in [1.29, 1.82) is 0 Å². The zero-order chi connectivity index (χ0) is 19.4. The van der Waals surface area contributed by atoms with Crippen LogP contribution in [0.2, 0.25) is 0 Å². The average molecular weight is 403 g/mol. The average Bonchev–Trinajstić information content (AvgIpc) is 3.15. The maximum atomic E-state index is 12.7. The van der Waals surface area contributed by atoms with Gasteiger partial charge in [-0.1, -0.05) is 18.2 Å². The Morgan fingerprint density at radius 3 is 2.70 bits per heavy atom. The third-order valence-corrected chi connectivity index (χ3v) is 6.27. The Bertz CT molecular complexity index is 1120. The van der Waals surface area contributed by atoms with Crippen LogP contribution in [0.15, 0.2) is 68.6 Å². The standard InChI is InChI=1S/C18H17N3O4S2/c1-13-4-2-6-15(10-13)27(24,25)17-7-8-18(23)21(20-17)12-16(22)19-11-14-5-3-9-26-14/h2-10H,11-12H2,1H3,(H,19,22). The van der Waals surface area contributed by atoms with E-state index in [9.17, 15) is 18.0 Å². The molecule has 3 aromatic rings. The smallest absolute Gasteiger partial charge is 0.267 e. The van der Waals surface area contributed by atoms with E-state index in [2.05, 4.69) is 10.4 Å². The van der Waals surface area contributed by atoms with Crippen LogP contribution in [0.25, 0.3) is 0 Å². The van der Waals surface area contributed by atoms with Crippen LogP contribution in [-0.4, -0.2) is 24.1 Å². The molecule has 0 bridgehead atoms. The van der Waals surface area contributed by atoms with Crippen LogP contribution < -0.4 is 10.9 Å². The zero-order valence-corrected chi connectivity index (χ0v) is 16.1. The highest BCUT2D eigenvalue weighted by Crippen LogP contribution is 2.18. The molecule has 9 heteroatoms. The first-order valence-corrected chi connectivity index (χ1v) is 10.4. The van der Waals surface area contributed by atoms with Gasteiger partial charge in [0.2, 0.25) is 15.7 Å². The molecule has 0 saturated heterocycles. The number of benzene rings is 1. The number of rotatable bonds is 6. The summed E-state index contributed by atoms with van der Waals surface area (Å²) in [5.74, 6) is -0.428. The van der Waals surface area contributed by atoms with E-state index in [0.29, 0.717) is 6.54 Å². The highest BCUT2D eigenvalue weighted by molar-refractivity contribution is 7.91. The maximum absolute atomic E-state index is 12.7. The molecule has 0 aliphatic rings. The molecule has 2 aromatic heterocycles. The number of hydrogen-bond acceptors (Lipinski definition) is 6. The number of nitrogens with zero attached hydrogens (tertiary/aromatic N) is 2. The molecule has 0 radical (unpaired) electrons. The number of nitrogens with one attached hydrogen (secondary N) is 1. The molecule has 0 aliphatic heterocycles. The molecule has 27 heavy (non-hydrogen) atoms. The van der Waals surface area contributed by atoms with Gasteiger partial charge in [-0.2, -0.15) is 5.10 Å². The van der Waals surface area contributed by atoms with Gasteiger partial charge in [-0.25, -0.2) is 13.1 Å². The Morgan fingerprint density at radius 1 is 1.19 bits per heavy atom. The van der Waals surface area contributed by atoms with Gasteiger partial charge in [-0.15, -0.1) is 11.3 Å². The van der Waals surface area contributed by atoms with Gasteiger partial charge in [0.15, 0.2) is 5.03 Å². The van der Waals surface area contributed by atoms with Crippen molar-refractivity contribution >= 4 is 27.1 Å². The molecule has 1 aromatic carbocycles. The van der Waals surface area contributed by atoms with Gasteiger partial charge in [0.1, 0.15) is 6.54 Å². The number of thiophene rings is 1. The van der Waals surface area contributed by atoms with Crippen LogP contribution in [0.3, 0.4) is 0 Å². The summed E-state index contributed by atoms with van der Waals surface area (Å²) in [4.78, 5) is 25.1. The minimum Gasteiger partial charge on any atom is -0.350 e. The molecule has 7 nitrogen and oxygen atoms in total. The molecular weight excluding hydrogens is 386 g/mol. The topological polar surface area (TPSA) is 98.1 Å². The zero-order valence-electron chi connectivity index (χ0n) is 14.5. The fraction of sp³-hybridized carbons (Fsp3) is 0.167. The third-order valence-electron chi connectivity index (χ3n) is 3.75. The van der Waals surface area contributed by atoms with Gasteiger partial charge < -0.3 is 5.32 Å². The quantitative estimate of drug-likeness (QED) is 0.676. The SMILES string of the molecule is Cc1cccc(S(=O)(=O)c2ccc(=O)n(CC(=O)NCc3cccs3)n2)c1. The molecular formula is C18H17N3O4S2. The lowest BCUT2D eigenvalue weighted by Gasteiger charge is -2.09. The second kappa shape index (κ2) is 7.85. The van der Waals surface area contributed by atoms with E-state index in [1.165, 1.54) is 23.5 Å². The van der Waals surface area contributed by atoms with Crippen LogP contribution in [0, 0.1) is 6.92 Å². The molecule has 0 aliphatic carbocycles. The molecule has 0 spiro atoms. The molecule has 2 heterocycles. The van der Waals surface area contributed by atoms with Crippen molar-refractivity contribution in [3.63, 3.8) is 0 Å². The Labute approximate surface area is 160 Å². The second-order valence-electron chi connectivity index (χ2n) is 5.84. The van der Waals surface area contributed by atoms with Crippen LogP contribution >= 0.6 is 11.3 Å². The lowest BCUT2D eigenvalue weighted by atomic mass is 10.2. The minimum absolute atomic E-state index is 0.0855. The molecule has 0 saturated carbocycles. The Morgan fingerprint density at radius 2 is 2.00 bits per heavy atom. The minimum atomic E-state index is -3.89. The van der Waals surface area contributed by atoms with Crippen LogP contribution in [0.5, 0.6) is 0 Å². The van der Waals surface area contributed by atoms with E-state index >= 15 is 0 Å². The van der Waals surface area contributed by atoms with Crippen molar-refractivity contribution in [2.75, 3.05) is 0 Å². The summed E-state index contributed by atoms with van der Waals surface area (Å²) in [5.41, 5.74) is 0.238. The summed E-state index contributed by atoms with van der Waals surface area (Å²) < 4.78 is 26.3. The Kier molecular flexibility index (Phi) is 5.52. The number of aryl methyl sites for hydroxylation is 1. The summed E-state index contributed by atoms with van der Waals surface area (Å²) in [6.07, 6.45) is 0. The Hall–Kier alpha value is -2.78. The number of carbonyl (C=O) groups is 1. The second-order valence-corrected chi connectivity index (χ2v) is 8.77. The van der Waals surface area contributed by atoms with Crippen molar-refractivity contribution in [3.8, 4) is 0 Å². The lowest BCUT2D eigenvalue weighted by molar-refractivity contribution is -0.122. The van der Waals surface area contributed by atoms with Gasteiger partial charge in [0, 0.05) is 10.9 Å². The number of hydrogen-bond donors (Lipinski definition) is 1. The van der Waals surface area contributed by atoms with E-state index in [1.54, 1.807) is 19.1 Å². The highest BCUT2D eigenvalue weighted by Gasteiger charge is 2.21. The first-order valence-electron chi connectivity index (χ1n) is 8.05. The predicted octanol–water partition coefficient (Wildman–Crippen LogP) is 1.76. The summed E-state index contributed by atoms with van der Waals surface area (Å²) in [6.45, 7) is 1.76. The van der Waals surface area contributed by atoms with Gasteiger partial charge in [0.25, 0.3) is 5.56 Å². The van der Waals surface area contributed by atoms with Crippen molar-refractivity contribution in [3.05, 3.63) is 74.7 Å². The highest BCUT2D eigenvalue weighted by atomic mass is 32.2. The van der Waals surface area contributed by atoms with Crippen molar-refractivity contribution in [1.82, 2.24) is 15.1 Å². The lowest BCUT2D eigenvalue weighted by Crippen LogP contribution is -2.33. The number of aromatic nitrogens is 2. The van der Waals surface area contributed by atoms with Crippen LogP contribution in [0.4, 0.5) is 0 Å². The fourth-order valence-corrected chi connectivity index (χ4v) is 4.32. The van der Waals surface area contributed by atoms with Crippen molar-refractivity contribution in [2.24, 2.45) is 0 Å². The Balaban J connectivity index is 1.81. The summed E-state index contributed by atoms with van der Waals surface area (Å²) in [5, 5.41) is 8.19. The van der Waals surface area contributed by atoms with E-state index in [-0.39, 0.29) is 16.5 Å². The maximum Gasteiger partial charge on any atom is 0.267 e. The van der Waals surface area contributed by atoms with Gasteiger partial charge in [-0.3, -0.25) is 9.59 Å². The fourth-order valence-electron chi connectivity index (χ4n) is 2.38. The van der Waals surface area contributed by atoms with Crippen molar-refractivity contribution in [2.45, 2.75) is 29.9 Å². The monoisotopic (exact) mass is 403 g/mol. The van der Waals surface area contributed by atoms with Gasteiger partial charge in [-0.05, 0) is 42.1 Å². The van der Waals surface area contributed by atoms with Gasteiger partial charge >= 0.3 is 0 Å². The summed E-state index contributed by atoms with van der Waals surface area (Å²) in [6, 6.07) is 12.4. The normalized spacial score (nSPS) is 11.3. The molecule has 0 unspecified atom stereocenters. The first kappa shape index (κ1) is 19.0. The molecule has 0 fully saturated rings. The third kappa shape index (κ3) is 4.50. The summed E-state index contributed by atoms with van der Waals surface area (Å²) >= 11 is 1.50. The van der Waals surface area contributed by atoms with Crippen LogP contribution in [-0.2, 0) is 27.7 Å². The van der Waals surface area contributed by atoms with Crippen molar-refractivity contribution < 1.29 is 13.2 Å². The number of amides is 1. The summed E-state index contributed by atoms with van der Waals surface area (Å²) in [7, 11) is -3.89. The van der Waals surface area contributed by atoms with E-state index in [0.717, 1.165) is 27.3 Å². The molecule has 3 rings (SSSR count). The first-order chi connectivity index (χ1) is 12.9. The number of sulfone groups is 1. The molecule has 1 N–H and O–H groups in total. The van der Waals surface area contributed by atoms with Crippen LogP contribution in [0.1, 0.15) is 10.4 Å². The largest absolute Gasteiger partial charge is 0.350 e. The number of carbonyl (C=O) groups excluding carboxylic acids is 1. The van der Waals surface area contributed by atoms with E-state index < -0.39 is 21.3 Å². The molecule has 1 amide bonds. The molecule has 140 valence electrons. The molecule has 0 atom stereocenters. The van der Waals surface area contributed by atoms with E-state index in [4.69, 9.17) is 0 Å². The van der Waals surface area contributed by atoms with E-state index in [1.807, 2.05) is 17.5 Å².